The zero-order chi connectivity index (χ0) is 14.8. The van der Waals surface area contributed by atoms with Crippen LogP contribution in [0.5, 0.6) is 0 Å². The highest BCUT2D eigenvalue weighted by atomic mass is 16.1. The molecule has 0 unspecified atom stereocenters. The zero-order valence-corrected chi connectivity index (χ0v) is 11.9. The van der Waals surface area contributed by atoms with Crippen molar-refractivity contribution in [1.29, 1.82) is 0 Å². The Labute approximate surface area is 128 Å². The number of benzene rings is 2. The van der Waals surface area contributed by atoms with E-state index in [1.54, 1.807) is 0 Å². The van der Waals surface area contributed by atoms with Crippen molar-refractivity contribution < 1.29 is 9.59 Å². The first-order chi connectivity index (χ1) is 10.8. The summed E-state index contributed by atoms with van der Waals surface area (Å²) in [5.41, 5.74) is 4.90. The van der Waals surface area contributed by atoms with Crippen LogP contribution in [0.1, 0.15) is 34.1 Å². The Hall–Kier alpha value is -2.48. The van der Waals surface area contributed by atoms with E-state index in [0.29, 0.717) is 0 Å². The summed E-state index contributed by atoms with van der Waals surface area (Å²) < 4.78 is 0. The zero-order valence-electron chi connectivity index (χ0n) is 11.9. The SMILES string of the molecule is O=C1C=CC(=O)[C@@H]2C3c4ccccc4C(c4ccccc43)[C@@H]12. The van der Waals surface area contributed by atoms with Crippen LogP contribution in [0.2, 0.25) is 0 Å². The Kier molecular flexibility index (Phi) is 2.22. The molecule has 2 aromatic rings. The van der Waals surface area contributed by atoms with Crippen molar-refractivity contribution in [1.82, 2.24) is 0 Å². The Morgan fingerprint density at radius 1 is 0.545 bits per heavy atom. The molecule has 0 radical (unpaired) electrons. The fourth-order valence-electron chi connectivity index (χ4n) is 4.75. The van der Waals surface area contributed by atoms with E-state index >= 15 is 0 Å². The van der Waals surface area contributed by atoms with E-state index in [9.17, 15) is 9.59 Å². The summed E-state index contributed by atoms with van der Waals surface area (Å²) in [6.07, 6.45) is 2.96. The van der Waals surface area contributed by atoms with Crippen molar-refractivity contribution in [3.8, 4) is 0 Å². The molecule has 106 valence electrons. The average Bonchev–Trinajstić information content (AvgIpc) is 2.58. The van der Waals surface area contributed by atoms with Gasteiger partial charge in [-0.2, -0.15) is 0 Å². The number of hydrogen-bond acceptors (Lipinski definition) is 2. The van der Waals surface area contributed by atoms with Gasteiger partial charge in [0, 0.05) is 23.7 Å². The molecule has 0 saturated carbocycles. The number of ketones is 2. The second kappa shape index (κ2) is 4.04. The molecule has 2 bridgehead atoms. The molecule has 4 aliphatic rings. The minimum atomic E-state index is -0.229. The number of hydrogen-bond donors (Lipinski definition) is 0. The average molecular weight is 286 g/mol. The van der Waals surface area contributed by atoms with Gasteiger partial charge in [0.15, 0.2) is 11.6 Å². The number of carbonyl (C=O) groups is 2. The predicted molar refractivity (Wildman–Crippen MR) is 82.7 cm³/mol. The van der Waals surface area contributed by atoms with Gasteiger partial charge >= 0.3 is 0 Å². The van der Waals surface area contributed by atoms with Crippen molar-refractivity contribution in [3.63, 3.8) is 0 Å². The minimum absolute atomic E-state index is 0.0174. The molecule has 0 heterocycles. The second-order valence-electron chi connectivity index (χ2n) is 6.40. The molecule has 2 nitrogen and oxygen atoms in total. The summed E-state index contributed by atoms with van der Waals surface area (Å²) in [5.74, 6) is -0.223. The summed E-state index contributed by atoms with van der Waals surface area (Å²) in [6.45, 7) is 0. The fourth-order valence-corrected chi connectivity index (χ4v) is 4.75. The van der Waals surface area contributed by atoms with Crippen LogP contribution in [0, 0.1) is 11.8 Å². The summed E-state index contributed by atoms with van der Waals surface area (Å²) >= 11 is 0. The monoisotopic (exact) mass is 286 g/mol. The molecule has 22 heavy (non-hydrogen) atoms. The summed E-state index contributed by atoms with van der Waals surface area (Å²) in [7, 11) is 0. The number of allylic oxidation sites excluding steroid dienone is 2. The van der Waals surface area contributed by atoms with Gasteiger partial charge in [-0.05, 0) is 34.4 Å². The third-order valence-corrected chi connectivity index (χ3v) is 5.51. The molecule has 0 saturated heterocycles. The van der Waals surface area contributed by atoms with Gasteiger partial charge in [-0.25, -0.2) is 0 Å². The maximum absolute atomic E-state index is 12.5. The lowest BCUT2D eigenvalue weighted by Gasteiger charge is -2.49. The van der Waals surface area contributed by atoms with Crippen molar-refractivity contribution in [2.24, 2.45) is 11.8 Å². The van der Waals surface area contributed by atoms with E-state index in [2.05, 4.69) is 24.3 Å². The van der Waals surface area contributed by atoms with Crippen LogP contribution < -0.4 is 0 Å². The molecule has 0 N–H and O–H groups in total. The molecule has 4 aliphatic carbocycles. The predicted octanol–water partition coefficient (Wildman–Crippen LogP) is 3.22. The molecule has 0 aliphatic heterocycles. The lowest BCUT2D eigenvalue weighted by Crippen LogP contribution is -2.47. The highest BCUT2D eigenvalue weighted by Gasteiger charge is 2.54. The fraction of sp³-hybridized carbons (Fsp3) is 0.200. The van der Waals surface area contributed by atoms with Crippen molar-refractivity contribution >= 4 is 11.6 Å². The molecule has 6 rings (SSSR count). The van der Waals surface area contributed by atoms with Crippen LogP contribution in [-0.2, 0) is 9.59 Å². The van der Waals surface area contributed by atoms with Crippen molar-refractivity contribution in [2.45, 2.75) is 11.8 Å². The Morgan fingerprint density at radius 3 is 1.18 bits per heavy atom. The minimum Gasteiger partial charge on any atom is -0.294 e. The van der Waals surface area contributed by atoms with E-state index in [4.69, 9.17) is 0 Å². The first-order valence-electron chi connectivity index (χ1n) is 7.71. The van der Waals surface area contributed by atoms with Gasteiger partial charge < -0.3 is 0 Å². The molecule has 2 heteroatoms. The maximum Gasteiger partial charge on any atom is 0.160 e. The van der Waals surface area contributed by atoms with Gasteiger partial charge in [-0.1, -0.05) is 48.5 Å². The van der Waals surface area contributed by atoms with Gasteiger partial charge in [0.05, 0.1) is 0 Å². The Morgan fingerprint density at radius 2 is 0.864 bits per heavy atom. The van der Waals surface area contributed by atoms with E-state index in [1.807, 2.05) is 24.3 Å². The lowest BCUT2D eigenvalue weighted by molar-refractivity contribution is -0.131. The van der Waals surface area contributed by atoms with Crippen LogP contribution >= 0.6 is 0 Å². The third kappa shape index (κ3) is 1.31. The summed E-state index contributed by atoms with van der Waals surface area (Å²) in [4.78, 5) is 25.1. The van der Waals surface area contributed by atoms with Crippen molar-refractivity contribution in [2.75, 3.05) is 0 Å². The maximum atomic E-state index is 12.5. The smallest absolute Gasteiger partial charge is 0.160 e. The largest absolute Gasteiger partial charge is 0.294 e. The van der Waals surface area contributed by atoms with E-state index < -0.39 is 0 Å². The first kappa shape index (κ1) is 12.1. The molecule has 0 fully saturated rings. The van der Waals surface area contributed by atoms with Crippen LogP contribution in [-0.4, -0.2) is 11.6 Å². The Balaban J connectivity index is 1.87. The molecule has 0 aromatic heterocycles. The number of carbonyl (C=O) groups excluding carboxylic acids is 2. The van der Waals surface area contributed by atoms with Gasteiger partial charge in [0.1, 0.15) is 0 Å². The Bertz CT molecular complexity index is 744. The third-order valence-electron chi connectivity index (χ3n) is 5.51. The van der Waals surface area contributed by atoms with E-state index in [1.165, 1.54) is 34.4 Å². The lowest BCUT2D eigenvalue weighted by atomic mass is 9.51. The molecule has 2 atom stereocenters. The van der Waals surface area contributed by atoms with Crippen molar-refractivity contribution in [3.05, 3.63) is 82.9 Å². The van der Waals surface area contributed by atoms with E-state index in [-0.39, 0.29) is 35.2 Å². The van der Waals surface area contributed by atoms with E-state index in [0.717, 1.165) is 0 Å². The molecular weight excluding hydrogens is 272 g/mol. The van der Waals surface area contributed by atoms with Gasteiger partial charge in [0.2, 0.25) is 0 Å². The highest BCUT2D eigenvalue weighted by Crippen LogP contribution is 2.59. The number of rotatable bonds is 0. The van der Waals surface area contributed by atoms with Gasteiger partial charge in [-0.3, -0.25) is 9.59 Å². The van der Waals surface area contributed by atoms with Crippen LogP contribution in [0.3, 0.4) is 0 Å². The van der Waals surface area contributed by atoms with Gasteiger partial charge in [0.25, 0.3) is 0 Å². The topological polar surface area (TPSA) is 34.1 Å². The standard InChI is InChI=1S/C20H14O2/c21-15-9-10-16(22)20-18-12-6-2-1-5-11(12)17(19(15)20)13-7-3-4-8-14(13)18/h1-10,17-20H/t17?,18?,19-,20-/m1/s1. The quantitative estimate of drug-likeness (QED) is 0.745. The normalized spacial score (nSPS) is 30.7. The first-order valence-corrected chi connectivity index (χ1v) is 7.71. The second-order valence-corrected chi connectivity index (χ2v) is 6.40. The van der Waals surface area contributed by atoms with Crippen LogP contribution in [0.4, 0.5) is 0 Å². The molecule has 2 aromatic carbocycles. The molecule has 0 amide bonds. The van der Waals surface area contributed by atoms with Gasteiger partial charge in [-0.15, -0.1) is 0 Å². The molecular formula is C20H14O2. The highest BCUT2D eigenvalue weighted by molar-refractivity contribution is 6.09. The summed E-state index contributed by atoms with van der Waals surface area (Å²) in [5, 5.41) is 0. The van der Waals surface area contributed by atoms with Crippen LogP contribution in [0.25, 0.3) is 0 Å². The summed E-state index contributed by atoms with van der Waals surface area (Å²) in [6, 6.07) is 16.6. The van der Waals surface area contributed by atoms with Crippen LogP contribution in [0.15, 0.2) is 60.7 Å². The molecule has 0 spiro atoms.